The van der Waals surface area contributed by atoms with Crippen molar-refractivity contribution in [1.29, 1.82) is 0 Å². The van der Waals surface area contributed by atoms with E-state index in [1.165, 1.54) is 11.5 Å². The van der Waals surface area contributed by atoms with Gasteiger partial charge in [0.2, 0.25) is 0 Å². The predicted octanol–water partition coefficient (Wildman–Crippen LogP) is 3.70. The summed E-state index contributed by atoms with van der Waals surface area (Å²) < 4.78 is 5.21. The van der Waals surface area contributed by atoms with Gasteiger partial charge in [-0.1, -0.05) is 43.8 Å². The van der Waals surface area contributed by atoms with E-state index in [1.807, 2.05) is 38.1 Å². The Labute approximate surface area is 115 Å². The third-order valence-electron chi connectivity index (χ3n) is 2.63. The smallest absolute Gasteiger partial charge is 0.174 e. The van der Waals surface area contributed by atoms with Crippen molar-refractivity contribution in [3.63, 3.8) is 0 Å². The van der Waals surface area contributed by atoms with Crippen molar-refractivity contribution >= 4 is 23.3 Å². The first kappa shape index (κ1) is 13.5. The van der Waals surface area contributed by atoms with Crippen molar-refractivity contribution in [2.45, 2.75) is 42.0 Å². The Kier molecular flexibility index (Phi) is 4.74. The SMILES string of the molecule is CCc1nsc(Sc2ccccc2C(O)CC)n1. The summed E-state index contributed by atoms with van der Waals surface area (Å²) >= 11 is 3.00. The topological polar surface area (TPSA) is 46.0 Å². The molecule has 2 aromatic rings. The van der Waals surface area contributed by atoms with Crippen molar-refractivity contribution in [3.05, 3.63) is 35.7 Å². The average molecular weight is 280 g/mol. The molecular formula is C13H16N2OS2. The van der Waals surface area contributed by atoms with Crippen molar-refractivity contribution in [3.8, 4) is 0 Å². The quantitative estimate of drug-likeness (QED) is 0.907. The molecule has 1 atom stereocenters. The Morgan fingerprint density at radius 1 is 1.33 bits per heavy atom. The minimum absolute atomic E-state index is 0.410. The summed E-state index contributed by atoms with van der Waals surface area (Å²) in [5.74, 6) is 0.885. The summed E-state index contributed by atoms with van der Waals surface area (Å²) in [6.07, 6.45) is 1.16. The van der Waals surface area contributed by atoms with Gasteiger partial charge in [-0.2, -0.15) is 4.37 Å². The molecule has 0 aliphatic rings. The summed E-state index contributed by atoms with van der Waals surface area (Å²) in [7, 11) is 0. The van der Waals surface area contributed by atoms with Gasteiger partial charge < -0.3 is 5.11 Å². The monoisotopic (exact) mass is 280 g/mol. The predicted molar refractivity (Wildman–Crippen MR) is 75.1 cm³/mol. The Morgan fingerprint density at radius 3 is 2.78 bits per heavy atom. The standard InChI is InChI=1S/C13H16N2OS2/c1-3-10(16)9-7-5-6-8-11(9)17-13-14-12(4-2)15-18-13/h5-8,10,16H,3-4H2,1-2H3. The molecule has 3 nitrogen and oxygen atoms in total. The maximum absolute atomic E-state index is 9.99. The molecule has 0 bridgehead atoms. The number of aliphatic hydroxyl groups is 1. The van der Waals surface area contributed by atoms with E-state index in [-0.39, 0.29) is 0 Å². The highest BCUT2D eigenvalue weighted by Gasteiger charge is 2.12. The molecule has 2 rings (SSSR count). The molecule has 18 heavy (non-hydrogen) atoms. The summed E-state index contributed by atoms with van der Waals surface area (Å²) in [4.78, 5) is 5.50. The van der Waals surface area contributed by atoms with Crippen molar-refractivity contribution in [2.24, 2.45) is 0 Å². The third-order valence-corrected chi connectivity index (χ3v) is 4.51. The molecule has 0 amide bonds. The van der Waals surface area contributed by atoms with E-state index in [9.17, 15) is 5.11 Å². The maximum atomic E-state index is 9.99. The van der Waals surface area contributed by atoms with Gasteiger partial charge in [0.25, 0.3) is 0 Å². The van der Waals surface area contributed by atoms with Crippen LogP contribution in [0, 0.1) is 0 Å². The fourth-order valence-electron chi connectivity index (χ4n) is 1.59. The Morgan fingerprint density at radius 2 is 2.11 bits per heavy atom. The molecule has 0 aliphatic heterocycles. The minimum atomic E-state index is -0.410. The van der Waals surface area contributed by atoms with Crippen LogP contribution in [0.1, 0.15) is 37.8 Å². The zero-order chi connectivity index (χ0) is 13.0. The van der Waals surface area contributed by atoms with Gasteiger partial charge in [-0.05, 0) is 29.6 Å². The number of hydrogen-bond donors (Lipinski definition) is 1. The lowest BCUT2D eigenvalue weighted by Gasteiger charge is -2.12. The molecule has 1 heterocycles. The molecule has 0 fully saturated rings. The number of aliphatic hydroxyl groups excluding tert-OH is 1. The molecule has 0 saturated heterocycles. The van der Waals surface area contributed by atoms with Crippen molar-refractivity contribution in [1.82, 2.24) is 9.36 Å². The van der Waals surface area contributed by atoms with Gasteiger partial charge in [0, 0.05) is 11.3 Å². The van der Waals surface area contributed by atoms with E-state index in [0.717, 1.165) is 27.0 Å². The third kappa shape index (κ3) is 3.10. The van der Waals surface area contributed by atoms with Crippen molar-refractivity contribution in [2.75, 3.05) is 0 Å². The first-order valence-electron chi connectivity index (χ1n) is 6.02. The molecule has 0 aliphatic carbocycles. The highest BCUT2D eigenvalue weighted by molar-refractivity contribution is 8.01. The number of nitrogens with zero attached hydrogens (tertiary/aromatic N) is 2. The number of aryl methyl sites for hydroxylation is 1. The highest BCUT2D eigenvalue weighted by atomic mass is 32.2. The van der Waals surface area contributed by atoms with Crippen LogP contribution in [0.5, 0.6) is 0 Å². The zero-order valence-corrected chi connectivity index (χ0v) is 12.1. The van der Waals surface area contributed by atoms with E-state index < -0.39 is 6.10 Å². The first-order valence-corrected chi connectivity index (χ1v) is 7.61. The normalized spacial score (nSPS) is 12.6. The lowest BCUT2D eigenvalue weighted by Crippen LogP contribution is -1.96. The molecular weight excluding hydrogens is 264 g/mol. The lowest BCUT2D eigenvalue weighted by molar-refractivity contribution is 0.171. The Bertz CT molecular complexity index is 513. The van der Waals surface area contributed by atoms with Crippen molar-refractivity contribution < 1.29 is 5.11 Å². The van der Waals surface area contributed by atoms with Gasteiger partial charge in [-0.15, -0.1) is 0 Å². The van der Waals surface area contributed by atoms with Gasteiger partial charge in [-0.25, -0.2) is 4.98 Å². The molecule has 0 saturated carbocycles. The van der Waals surface area contributed by atoms with Crippen LogP contribution in [0.4, 0.5) is 0 Å². The van der Waals surface area contributed by atoms with Crippen LogP contribution in [0.2, 0.25) is 0 Å². The fraction of sp³-hybridized carbons (Fsp3) is 0.385. The van der Waals surface area contributed by atoms with Crippen LogP contribution in [-0.4, -0.2) is 14.5 Å². The second kappa shape index (κ2) is 6.31. The van der Waals surface area contributed by atoms with Crippen LogP contribution >= 0.6 is 23.3 Å². The van der Waals surface area contributed by atoms with E-state index in [0.29, 0.717) is 6.42 Å². The summed E-state index contributed by atoms with van der Waals surface area (Å²) in [6, 6.07) is 7.93. The minimum Gasteiger partial charge on any atom is -0.388 e. The van der Waals surface area contributed by atoms with Crippen LogP contribution in [0.25, 0.3) is 0 Å². The Hall–Kier alpha value is -0.910. The molecule has 1 aromatic carbocycles. The molecule has 0 radical (unpaired) electrons. The van der Waals surface area contributed by atoms with E-state index in [1.54, 1.807) is 11.8 Å². The van der Waals surface area contributed by atoms with E-state index in [4.69, 9.17) is 0 Å². The van der Waals surface area contributed by atoms with Gasteiger partial charge in [0.1, 0.15) is 5.82 Å². The van der Waals surface area contributed by atoms with E-state index >= 15 is 0 Å². The first-order chi connectivity index (χ1) is 8.74. The molecule has 0 spiro atoms. The molecule has 1 N–H and O–H groups in total. The molecule has 5 heteroatoms. The fourth-order valence-corrected chi connectivity index (χ4v) is 3.42. The van der Waals surface area contributed by atoms with Crippen LogP contribution < -0.4 is 0 Å². The van der Waals surface area contributed by atoms with Crippen LogP contribution in [0.15, 0.2) is 33.5 Å². The number of rotatable bonds is 5. The molecule has 1 unspecified atom stereocenters. The van der Waals surface area contributed by atoms with Gasteiger partial charge in [0.15, 0.2) is 4.34 Å². The second-order valence-electron chi connectivity index (χ2n) is 3.89. The largest absolute Gasteiger partial charge is 0.388 e. The molecule has 1 aromatic heterocycles. The average Bonchev–Trinajstić information content (AvgIpc) is 2.86. The van der Waals surface area contributed by atoms with Gasteiger partial charge >= 0.3 is 0 Å². The van der Waals surface area contributed by atoms with E-state index in [2.05, 4.69) is 9.36 Å². The Balaban J connectivity index is 2.23. The zero-order valence-electron chi connectivity index (χ0n) is 10.5. The van der Waals surface area contributed by atoms with Crippen LogP contribution in [-0.2, 0) is 6.42 Å². The summed E-state index contributed by atoms with van der Waals surface area (Å²) in [5.41, 5.74) is 0.971. The molecule has 96 valence electrons. The highest BCUT2D eigenvalue weighted by Crippen LogP contribution is 2.34. The summed E-state index contributed by atoms with van der Waals surface area (Å²) in [6.45, 7) is 4.03. The number of aromatic nitrogens is 2. The summed E-state index contributed by atoms with van der Waals surface area (Å²) in [5, 5.41) is 9.99. The number of benzene rings is 1. The lowest BCUT2D eigenvalue weighted by atomic mass is 10.1. The van der Waals surface area contributed by atoms with Crippen LogP contribution in [0.3, 0.4) is 0 Å². The van der Waals surface area contributed by atoms with Gasteiger partial charge in [0.05, 0.1) is 6.10 Å². The number of hydrogen-bond acceptors (Lipinski definition) is 5. The second-order valence-corrected chi connectivity index (χ2v) is 5.93. The van der Waals surface area contributed by atoms with Gasteiger partial charge in [-0.3, -0.25) is 0 Å². The maximum Gasteiger partial charge on any atom is 0.174 e.